The van der Waals surface area contributed by atoms with Crippen molar-refractivity contribution in [1.82, 2.24) is 0 Å². The number of nitrogens with one attached hydrogen (secondary N) is 1. The molecule has 0 bridgehead atoms. The number of anilines is 1. The maximum atomic E-state index is 13.4. The van der Waals surface area contributed by atoms with Gasteiger partial charge in [-0.3, -0.25) is 4.79 Å². The van der Waals surface area contributed by atoms with Crippen LogP contribution in [0.2, 0.25) is 0 Å². The van der Waals surface area contributed by atoms with E-state index in [1.165, 1.54) is 19.2 Å². The van der Waals surface area contributed by atoms with Gasteiger partial charge in [-0.15, -0.1) is 0 Å². The molecule has 0 aliphatic rings. The summed E-state index contributed by atoms with van der Waals surface area (Å²) in [5.41, 5.74) is 2.38. The molecule has 3 rings (SSSR count). The molecule has 1 N–H and O–H groups in total. The molecule has 28 heavy (non-hydrogen) atoms. The van der Waals surface area contributed by atoms with Gasteiger partial charge >= 0.3 is 0 Å². The number of carbonyl (C=O) groups is 1. The number of amides is 1. The molecule has 0 spiro atoms. The molecule has 0 fully saturated rings. The van der Waals surface area contributed by atoms with Crippen molar-refractivity contribution in [2.45, 2.75) is 13.5 Å². The SMILES string of the molecule is COc1cc(C(=O)Nc2ccc(F)c(C)c2)cc(Br)c1OCc1ccccc1. The van der Waals surface area contributed by atoms with Crippen molar-refractivity contribution in [1.29, 1.82) is 0 Å². The van der Waals surface area contributed by atoms with Crippen LogP contribution in [0.3, 0.4) is 0 Å². The van der Waals surface area contributed by atoms with Gasteiger partial charge in [0.1, 0.15) is 12.4 Å². The Kier molecular flexibility index (Phi) is 6.31. The third-order valence-electron chi connectivity index (χ3n) is 4.13. The summed E-state index contributed by atoms with van der Waals surface area (Å²) in [7, 11) is 1.52. The zero-order valence-electron chi connectivity index (χ0n) is 15.5. The van der Waals surface area contributed by atoms with Crippen molar-refractivity contribution in [2.75, 3.05) is 12.4 Å². The number of rotatable bonds is 6. The predicted molar refractivity (Wildman–Crippen MR) is 111 cm³/mol. The Bertz CT molecular complexity index is 993. The zero-order chi connectivity index (χ0) is 20.1. The highest BCUT2D eigenvalue weighted by Gasteiger charge is 2.16. The minimum absolute atomic E-state index is 0.317. The smallest absolute Gasteiger partial charge is 0.255 e. The number of hydrogen-bond acceptors (Lipinski definition) is 3. The topological polar surface area (TPSA) is 47.6 Å². The number of aryl methyl sites for hydroxylation is 1. The van der Waals surface area contributed by atoms with Crippen LogP contribution in [0.5, 0.6) is 11.5 Å². The lowest BCUT2D eigenvalue weighted by molar-refractivity contribution is 0.102. The molecular formula is C22H19BrFNO3. The van der Waals surface area contributed by atoms with E-state index in [1.807, 2.05) is 30.3 Å². The van der Waals surface area contributed by atoms with Gasteiger partial charge < -0.3 is 14.8 Å². The van der Waals surface area contributed by atoms with E-state index >= 15 is 0 Å². The maximum Gasteiger partial charge on any atom is 0.255 e. The number of methoxy groups -OCH3 is 1. The highest BCUT2D eigenvalue weighted by molar-refractivity contribution is 9.10. The average Bonchev–Trinajstić information content (AvgIpc) is 2.70. The summed E-state index contributed by atoms with van der Waals surface area (Å²) in [5.74, 6) is 0.299. The number of carbonyl (C=O) groups excluding carboxylic acids is 1. The van der Waals surface area contributed by atoms with Gasteiger partial charge in [-0.25, -0.2) is 4.39 Å². The third kappa shape index (κ3) is 4.70. The van der Waals surface area contributed by atoms with Crippen molar-refractivity contribution in [3.05, 3.63) is 87.6 Å². The number of benzene rings is 3. The standard InChI is InChI=1S/C22H19BrFNO3/c1-14-10-17(8-9-19(14)24)25-22(26)16-11-18(23)21(20(12-16)27-2)28-13-15-6-4-3-5-7-15/h3-12H,13H2,1-2H3,(H,25,26). The molecule has 0 unspecified atom stereocenters. The molecule has 0 aliphatic carbocycles. The van der Waals surface area contributed by atoms with E-state index in [9.17, 15) is 9.18 Å². The first kappa shape index (κ1) is 19.9. The molecule has 6 heteroatoms. The first-order valence-electron chi connectivity index (χ1n) is 8.59. The summed E-state index contributed by atoms with van der Waals surface area (Å²) in [6, 6.07) is 17.4. The van der Waals surface area contributed by atoms with E-state index in [4.69, 9.17) is 9.47 Å². The zero-order valence-corrected chi connectivity index (χ0v) is 17.0. The summed E-state index contributed by atoms with van der Waals surface area (Å²) >= 11 is 3.45. The van der Waals surface area contributed by atoms with Gasteiger partial charge in [-0.2, -0.15) is 0 Å². The van der Waals surface area contributed by atoms with E-state index in [2.05, 4.69) is 21.2 Å². The molecule has 1 amide bonds. The Morgan fingerprint density at radius 2 is 1.86 bits per heavy atom. The van der Waals surface area contributed by atoms with Crippen LogP contribution in [0.25, 0.3) is 0 Å². The molecular weight excluding hydrogens is 425 g/mol. The van der Waals surface area contributed by atoms with Gasteiger partial charge in [-0.05, 0) is 64.3 Å². The van der Waals surface area contributed by atoms with Crippen molar-refractivity contribution in [2.24, 2.45) is 0 Å². The van der Waals surface area contributed by atoms with Crippen molar-refractivity contribution in [3.8, 4) is 11.5 Å². The maximum absolute atomic E-state index is 13.4. The highest BCUT2D eigenvalue weighted by atomic mass is 79.9. The summed E-state index contributed by atoms with van der Waals surface area (Å²) in [5, 5.41) is 2.76. The number of hydrogen-bond donors (Lipinski definition) is 1. The minimum Gasteiger partial charge on any atom is -0.493 e. The van der Waals surface area contributed by atoms with E-state index in [0.717, 1.165) is 5.56 Å². The Balaban J connectivity index is 1.79. The van der Waals surface area contributed by atoms with Gasteiger partial charge in [0.15, 0.2) is 11.5 Å². The molecule has 0 aliphatic heterocycles. The van der Waals surface area contributed by atoms with Gasteiger partial charge in [-0.1, -0.05) is 30.3 Å². The molecule has 4 nitrogen and oxygen atoms in total. The first-order chi connectivity index (χ1) is 13.5. The average molecular weight is 444 g/mol. The van der Waals surface area contributed by atoms with Crippen LogP contribution >= 0.6 is 15.9 Å². The fourth-order valence-corrected chi connectivity index (χ4v) is 3.20. The van der Waals surface area contributed by atoms with Crippen molar-refractivity contribution in [3.63, 3.8) is 0 Å². The lowest BCUT2D eigenvalue weighted by Gasteiger charge is -2.15. The van der Waals surface area contributed by atoms with E-state index in [-0.39, 0.29) is 11.7 Å². The summed E-state index contributed by atoms with van der Waals surface area (Å²) in [4.78, 5) is 12.6. The normalized spacial score (nSPS) is 10.4. The minimum atomic E-state index is -0.334. The second-order valence-corrected chi connectivity index (χ2v) is 7.04. The lowest BCUT2D eigenvalue weighted by Crippen LogP contribution is -2.12. The van der Waals surface area contributed by atoms with Gasteiger partial charge in [0.2, 0.25) is 0 Å². The predicted octanol–water partition coefficient (Wildman–Crippen LogP) is 5.74. The molecule has 0 aromatic heterocycles. The van der Waals surface area contributed by atoms with Gasteiger partial charge in [0.25, 0.3) is 5.91 Å². The fourth-order valence-electron chi connectivity index (χ4n) is 2.65. The molecule has 144 valence electrons. The lowest BCUT2D eigenvalue weighted by atomic mass is 10.1. The Hall–Kier alpha value is -2.86. The van der Waals surface area contributed by atoms with E-state index < -0.39 is 0 Å². The monoisotopic (exact) mass is 443 g/mol. The number of halogens is 2. The van der Waals surface area contributed by atoms with Crippen LogP contribution in [0.1, 0.15) is 21.5 Å². The van der Waals surface area contributed by atoms with Crippen molar-refractivity contribution >= 4 is 27.5 Å². The van der Waals surface area contributed by atoms with Crippen LogP contribution in [-0.4, -0.2) is 13.0 Å². The molecule has 0 saturated carbocycles. The highest BCUT2D eigenvalue weighted by Crippen LogP contribution is 2.37. The van der Waals surface area contributed by atoms with Crippen molar-refractivity contribution < 1.29 is 18.7 Å². The van der Waals surface area contributed by atoms with E-state index in [0.29, 0.717) is 39.4 Å². The quantitative estimate of drug-likeness (QED) is 0.528. The van der Waals surface area contributed by atoms with Crippen LogP contribution in [0.4, 0.5) is 10.1 Å². The first-order valence-corrected chi connectivity index (χ1v) is 9.39. The van der Waals surface area contributed by atoms with Gasteiger partial charge in [0.05, 0.1) is 11.6 Å². The molecule has 3 aromatic carbocycles. The Morgan fingerprint density at radius 3 is 2.54 bits per heavy atom. The molecule has 0 heterocycles. The third-order valence-corrected chi connectivity index (χ3v) is 4.72. The van der Waals surface area contributed by atoms with Gasteiger partial charge in [0, 0.05) is 11.3 Å². The van der Waals surface area contributed by atoms with Crippen LogP contribution in [0, 0.1) is 12.7 Å². The second kappa shape index (κ2) is 8.89. The fraction of sp³-hybridized carbons (Fsp3) is 0.136. The summed E-state index contributed by atoms with van der Waals surface area (Å²) in [6.45, 7) is 2.01. The molecule has 0 radical (unpaired) electrons. The Morgan fingerprint density at radius 1 is 1.11 bits per heavy atom. The Labute approximate surface area is 171 Å². The second-order valence-electron chi connectivity index (χ2n) is 6.18. The largest absolute Gasteiger partial charge is 0.493 e. The molecule has 0 atom stereocenters. The molecule has 0 saturated heterocycles. The summed E-state index contributed by atoms with van der Waals surface area (Å²) in [6.07, 6.45) is 0. The van der Waals surface area contributed by atoms with Crippen LogP contribution < -0.4 is 14.8 Å². The van der Waals surface area contributed by atoms with Crippen LogP contribution in [0.15, 0.2) is 65.1 Å². The summed E-state index contributed by atoms with van der Waals surface area (Å²) < 4.78 is 25.3. The molecule has 3 aromatic rings. The van der Waals surface area contributed by atoms with E-state index in [1.54, 1.807) is 25.1 Å². The van der Waals surface area contributed by atoms with Crippen LogP contribution in [-0.2, 0) is 6.61 Å². The number of ether oxygens (including phenoxy) is 2.